The van der Waals surface area contributed by atoms with E-state index in [0.29, 0.717) is 29.5 Å². The Morgan fingerprint density at radius 3 is 2.66 bits per heavy atom. The standard InChI is InChI=1S/C23H24ClN3O2/c1-17-5-4-6-18(15-17)26-11-13-27(14-12-26)23(28)10-9-22-25-16-21(29-22)19-7-2-3-8-20(19)24/h2-8,15-16H,9-14H2,1H3. The van der Waals surface area contributed by atoms with Crippen molar-refractivity contribution in [2.75, 3.05) is 31.1 Å². The number of amides is 1. The number of carbonyl (C=O) groups is 1. The Balaban J connectivity index is 1.29. The van der Waals surface area contributed by atoms with Crippen LogP contribution in [0.3, 0.4) is 0 Å². The number of carbonyl (C=O) groups excluding carboxylic acids is 1. The number of oxazole rings is 1. The van der Waals surface area contributed by atoms with Crippen LogP contribution >= 0.6 is 11.6 Å². The predicted molar refractivity (Wildman–Crippen MR) is 115 cm³/mol. The highest BCUT2D eigenvalue weighted by Crippen LogP contribution is 2.28. The van der Waals surface area contributed by atoms with Gasteiger partial charge in [-0.1, -0.05) is 35.9 Å². The van der Waals surface area contributed by atoms with Crippen molar-refractivity contribution in [3.05, 3.63) is 71.2 Å². The largest absolute Gasteiger partial charge is 0.441 e. The third kappa shape index (κ3) is 4.62. The molecule has 2 heterocycles. The van der Waals surface area contributed by atoms with E-state index in [1.54, 1.807) is 6.20 Å². The number of halogens is 1. The van der Waals surface area contributed by atoms with Gasteiger partial charge in [0.2, 0.25) is 5.91 Å². The monoisotopic (exact) mass is 409 g/mol. The smallest absolute Gasteiger partial charge is 0.223 e. The van der Waals surface area contributed by atoms with Gasteiger partial charge < -0.3 is 14.2 Å². The number of anilines is 1. The molecule has 0 aliphatic carbocycles. The van der Waals surface area contributed by atoms with Crippen LogP contribution in [0.2, 0.25) is 5.02 Å². The van der Waals surface area contributed by atoms with Crippen LogP contribution in [0.5, 0.6) is 0 Å². The summed E-state index contributed by atoms with van der Waals surface area (Å²) in [5.41, 5.74) is 3.29. The fourth-order valence-corrected chi connectivity index (χ4v) is 3.85. The second-order valence-electron chi connectivity index (χ2n) is 7.30. The van der Waals surface area contributed by atoms with E-state index in [2.05, 4.69) is 41.1 Å². The molecule has 0 bridgehead atoms. The minimum Gasteiger partial charge on any atom is -0.441 e. The molecular weight excluding hydrogens is 386 g/mol. The second kappa shape index (κ2) is 8.70. The van der Waals surface area contributed by atoms with Crippen LogP contribution in [-0.4, -0.2) is 42.0 Å². The third-order valence-corrected chi connectivity index (χ3v) is 5.57. The Morgan fingerprint density at radius 2 is 1.90 bits per heavy atom. The topological polar surface area (TPSA) is 49.6 Å². The van der Waals surface area contributed by atoms with Gasteiger partial charge in [0, 0.05) is 50.3 Å². The van der Waals surface area contributed by atoms with Gasteiger partial charge >= 0.3 is 0 Å². The average Bonchev–Trinajstić information content (AvgIpc) is 3.21. The summed E-state index contributed by atoms with van der Waals surface area (Å²) in [6, 6.07) is 16.0. The van der Waals surface area contributed by atoms with Gasteiger partial charge in [0.05, 0.1) is 11.2 Å². The minimum atomic E-state index is 0.145. The highest BCUT2D eigenvalue weighted by Gasteiger charge is 2.21. The Bertz CT molecular complexity index is 993. The molecule has 3 aromatic rings. The van der Waals surface area contributed by atoms with Crippen LogP contribution in [0.1, 0.15) is 17.9 Å². The van der Waals surface area contributed by atoms with Gasteiger partial charge in [0.1, 0.15) is 0 Å². The van der Waals surface area contributed by atoms with Gasteiger partial charge in [-0.25, -0.2) is 4.98 Å². The van der Waals surface area contributed by atoms with Crippen LogP contribution < -0.4 is 4.90 Å². The van der Waals surface area contributed by atoms with Crippen molar-refractivity contribution in [3.63, 3.8) is 0 Å². The van der Waals surface area contributed by atoms with E-state index < -0.39 is 0 Å². The number of rotatable bonds is 5. The first-order valence-corrected chi connectivity index (χ1v) is 10.3. The normalized spacial score (nSPS) is 14.3. The Hall–Kier alpha value is -2.79. The molecule has 150 valence electrons. The summed E-state index contributed by atoms with van der Waals surface area (Å²) in [5.74, 6) is 1.34. The lowest BCUT2D eigenvalue weighted by Gasteiger charge is -2.36. The van der Waals surface area contributed by atoms with E-state index in [0.717, 1.165) is 31.7 Å². The quantitative estimate of drug-likeness (QED) is 0.618. The van der Waals surface area contributed by atoms with Gasteiger partial charge in [-0.05, 0) is 36.8 Å². The maximum absolute atomic E-state index is 12.6. The molecule has 1 amide bonds. The number of aromatic nitrogens is 1. The first kappa shape index (κ1) is 19.5. The summed E-state index contributed by atoms with van der Waals surface area (Å²) < 4.78 is 5.80. The fraction of sp³-hybridized carbons (Fsp3) is 0.304. The fourth-order valence-electron chi connectivity index (χ4n) is 3.62. The summed E-state index contributed by atoms with van der Waals surface area (Å²) in [6.07, 6.45) is 2.55. The van der Waals surface area contributed by atoms with Gasteiger partial charge in [0.25, 0.3) is 0 Å². The number of piperazine rings is 1. The van der Waals surface area contributed by atoms with Crippen molar-refractivity contribution in [1.29, 1.82) is 0 Å². The zero-order chi connectivity index (χ0) is 20.2. The Kier molecular flexibility index (Phi) is 5.86. The Morgan fingerprint density at radius 1 is 1.10 bits per heavy atom. The van der Waals surface area contributed by atoms with Crippen molar-refractivity contribution in [3.8, 4) is 11.3 Å². The molecule has 2 aromatic carbocycles. The van der Waals surface area contributed by atoms with Gasteiger partial charge in [0.15, 0.2) is 11.7 Å². The molecule has 4 rings (SSSR count). The van der Waals surface area contributed by atoms with Crippen molar-refractivity contribution in [2.45, 2.75) is 19.8 Å². The third-order valence-electron chi connectivity index (χ3n) is 5.24. The molecule has 0 spiro atoms. The Labute approximate surface area is 175 Å². The number of aryl methyl sites for hydroxylation is 2. The minimum absolute atomic E-state index is 0.145. The van der Waals surface area contributed by atoms with E-state index >= 15 is 0 Å². The molecular formula is C23H24ClN3O2. The molecule has 0 N–H and O–H groups in total. The van der Waals surface area contributed by atoms with E-state index in [1.165, 1.54) is 11.3 Å². The van der Waals surface area contributed by atoms with Crippen molar-refractivity contribution >= 4 is 23.2 Å². The number of hydrogen-bond acceptors (Lipinski definition) is 4. The molecule has 0 saturated carbocycles. The molecule has 1 aliphatic rings. The lowest BCUT2D eigenvalue weighted by Crippen LogP contribution is -2.48. The summed E-state index contributed by atoms with van der Waals surface area (Å²) in [4.78, 5) is 21.2. The summed E-state index contributed by atoms with van der Waals surface area (Å²) in [7, 11) is 0. The van der Waals surface area contributed by atoms with Crippen molar-refractivity contribution in [1.82, 2.24) is 9.88 Å². The lowest BCUT2D eigenvalue weighted by molar-refractivity contribution is -0.131. The van der Waals surface area contributed by atoms with Gasteiger partial charge in [-0.3, -0.25) is 4.79 Å². The zero-order valence-corrected chi connectivity index (χ0v) is 17.2. The summed E-state index contributed by atoms with van der Waals surface area (Å²) >= 11 is 6.21. The highest BCUT2D eigenvalue weighted by molar-refractivity contribution is 6.33. The molecule has 6 heteroatoms. The maximum Gasteiger partial charge on any atom is 0.223 e. The molecule has 0 unspecified atom stereocenters. The number of nitrogens with zero attached hydrogens (tertiary/aromatic N) is 3. The van der Waals surface area contributed by atoms with Crippen LogP contribution in [0, 0.1) is 6.92 Å². The number of benzene rings is 2. The van der Waals surface area contributed by atoms with Crippen molar-refractivity contribution < 1.29 is 9.21 Å². The first-order chi connectivity index (χ1) is 14.1. The van der Waals surface area contributed by atoms with E-state index in [1.807, 2.05) is 29.2 Å². The molecule has 5 nitrogen and oxygen atoms in total. The molecule has 1 saturated heterocycles. The van der Waals surface area contributed by atoms with Crippen LogP contribution in [0.15, 0.2) is 59.1 Å². The van der Waals surface area contributed by atoms with E-state index in [9.17, 15) is 4.79 Å². The molecule has 1 aliphatic heterocycles. The number of hydrogen-bond donors (Lipinski definition) is 0. The van der Waals surface area contributed by atoms with Crippen molar-refractivity contribution in [2.24, 2.45) is 0 Å². The second-order valence-corrected chi connectivity index (χ2v) is 7.71. The van der Waals surface area contributed by atoms with Crippen LogP contribution in [0.25, 0.3) is 11.3 Å². The molecule has 0 atom stereocenters. The van der Waals surface area contributed by atoms with Gasteiger partial charge in [-0.15, -0.1) is 0 Å². The first-order valence-electron chi connectivity index (χ1n) is 9.89. The summed E-state index contributed by atoms with van der Waals surface area (Å²) in [5, 5.41) is 0.623. The molecule has 1 aromatic heterocycles. The average molecular weight is 410 g/mol. The summed E-state index contributed by atoms with van der Waals surface area (Å²) in [6.45, 7) is 5.28. The highest BCUT2D eigenvalue weighted by atomic mass is 35.5. The van der Waals surface area contributed by atoms with E-state index in [4.69, 9.17) is 16.0 Å². The van der Waals surface area contributed by atoms with Crippen LogP contribution in [0.4, 0.5) is 5.69 Å². The lowest BCUT2D eigenvalue weighted by atomic mass is 10.2. The molecule has 1 fully saturated rings. The molecule has 29 heavy (non-hydrogen) atoms. The maximum atomic E-state index is 12.6. The predicted octanol–water partition coefficient (Wildman–Crippen LogP) is 4.58. The van der Waals surface area contributed by atoms with Crippen LogP contribution in [-0.2, 0) is 11.2 Å². The molecule has 0 radical (unpaired) electrons. The van der Waals surface area contributed by atoms with Gasteiger partial charge in [-0.2, -0.15) is 0 Å². The zero-order valence-electron chi connectivity index (χ0n) is 16.5. The van der Waals surface area contributed by atoms with E-state index in [-0.39, 0.29) is 5.91 Å². The SMILES string of the molecule is Cc1cccc(N2CCN(C(=O)CCc3ncc(-c4ccccc4Cl)o3)CC2)c1.